The average molecular weight is 467 g/mol. The van der Waals surface area contributed by atoms with E-state index in [9.17, 15) is 19.2 Å². The van der Waals surface area contributed by atoms with E-state index in [1.807, 2.05) is 0 Å². The maximum absolute atomic E-state index is 12.8. The number of amides is 2. The first kappa shape index (κ1) is 26.5. The van der Waals surface area contributed by atoms with E-state index in [0.717, 1.165) is 12.7 Å². The molecule has 1 aliphatic carbocycles. The van der Waals surface area contributed by atoms with E-state index < -0.39 is 35.2 Å². The Labute approximate surface area is 200 Å². The number of alkyl carbamates (subject to hydrolysis) is 1. The van der Waals surface area contributed by atoms with Crippen LogP contribution in [0.5, 0.6) is 0 Å². The zero-order chi connectivity index (χ0) is 25.5. The third kappa shape index (κ3) is 7.97. The Bertz CT molecular complexity index is 1060. The number of ether oxygens (including phenoxy) is 2. The van der Waals surface area contributed by atoms with Gasteiger partial charge in [0.05, 0.1) is 12.6 Å². The average Bonchev–Trinajstić information content (AvgIpc) is 3.51. The molecule has 2 rings (SSSR count). The van der Waals surface area contributed by atoms with Gasteiger partial charge in [-0.05, 0) is 77.1 Å². The summed E-state index contributed by atoms with van der Waals surface area (Å²) in [6, 6.07) is 5.28. The van der Waals surface area contributed by atoms with Crippen molar-refractivity contribution in [3.05, 3.63) is 35.4 Å². The fraction of sp³-hybridized carbons (Fsp3) is 0.462. The number of esters is 1. The summed E-state index contributed by atoms with van der Waals surface area (Å²) in [7, 11) is 1.20. The van der Waals surface area contributed by atoms with E-state index in [2.05, 4.69) is 34.3 Å². The molecule has 1 fully saturated rings. The van der Waals surface area contributed by atoms with Gasteiger partial charge in [0.25, 0.3) is 5.91 Å². The highest BCUT2D eigenvalue weighted by Crippen LogP contribution is 2.35. The Hall–Kier alpha value is -3.78. The van der Waals surface area contributed by atoms with Gasteiger partial charge in [0, 0.05) is 23.0 Å². The first-order chi connectivity index (χ1) is 15.9. The molecule has 1 unspecified atom stereocenters. The molecule has 8 nitrogen and oxygen atoms in total. The number of rotatable bonds is 6. The molecule has 1 aliphatic rings. The van der Waals surface area contributed by atoms with Gasteiger partial charge >= 0.3 is 12.1 Å². The van der Waals surface area contributed by atoms with E-state index in [0.29, 0.717) is 11.1 Å². The number of hydrogen-bond acceptors (Lipinski definition) is 6. The van der Waals surface area contributed by atoms with Crippen molar-refractivity contribution in [3.63, 3.8) is 0 Å². The van der Waals surface area contributed by atoms with Crippen molar-refractivity contribution in [2.75, 3.05) is 7.11 Å². The molecular formula is C26H30N2O6. The molecule has 180 valence electrons. The Morgan fingerprint density at radius 2 is 1.74 bits per heavy atom. The Balaban J connectivity index is 2.07. The van der Waals surface area contributed by atoms with Gasteiger partial charge in [0.1, 0.15) is 17.9 Å². The van der Waals surface area contributed by atoms with Crippen LogP contribution in [-0.2, 0) is 19.1 Å². The summed E-state index contributed by atoms with van der Waals surface area (Å²) in [5.74, 6) is 10.2. The first-order valence-electron chi connectivity index (χ1n) is 10.8. The molecule has 0 spiro atoms. The summed E-state index contributed by atoms with van der Waals surface area (Å²) in [4.78, 5) is 48.0. The molecule has 3 atom stereocenters. The molecule has 8 heteroatoms. The van der Waals surface area contributed by atoms with Crippen LogP contribution in [0, 0.1) is 35.5 Å². The van der Waals surface area contributed by atoms with Gasteiger partial charge < -0.3 is 24.9 Å². The molecule has 2 N–H and O–H groups in total. The maximum Gasteiger partial charge on any atom is 0.408 e. The van der Waals surface area contributed by atoms with Gasteiger partial charge in [-0.3, -0.25) is 4.79 Å². The first-order valence-corrected chi connectivity index (χ1v) is 10.8. The van der Waals surface area contributed by atoms with Crippen LogP contribution in [0.25, 0.3) is 0 Å². The molecular weight excluding hydrogens is 436 g/mol. The van der Waals surface area contributed by atoms with Gasteiger partial charge in [0.15, 0.2) is 0 Å². The lowest BCUT2D eigenvalue weighted by molar-refractivity contribution is -0.144. The summed E-state index contributed by atoms with van der Waals surface area (Å²) in [5.41, 5.74) is -0.981. The van der Waals surface area contributed by atoms with Crippen molar-refractivity contribution in [1.29, 1.82) is 0 Å². The molecule has 0 heterocycles. The molecule has 1 aromatic rings. The minimum atomic E-state index is -1.21. The molecule has 0 aliphatic heterocycles. The van der Waals surface area contributed by atoms with Crippen LogP contribution >= 0.6 is 0 Å². The second-order valence-electron chi connectivity index (χ2n) is 9.52. The quantitative estimate of drug-likeness (QED) is 0.379. The highest BCUT2D eigenvalue weighted by Gasteiger charge is 2.40. The Kier molecular flexibility index (Phi) is 8.48. The number of nitrogens with one attached hydrogen (secondary N) is 2. The molecule has 34 heavy (non-hydrogen) atoms. The van der Waals surface area contributed by atoms with E-state index in [-0.39, 0.29) is 11.8 Å². The topological polar surface area (TPSA) is 111 Å². The molecule has 2 amide bonds. The lowest BCUT2D eigenvalue weighted by Gasteiger charge is -2.34. The van der Waals surface area contributed by atoms with Crippen LogP contribution in [0.2, 0.25) is 0 Å². The summed E-state index contributed by atoms with van der Waals surface area (Å²) >= 11 is 0. The highest BCUT2D eigenvalue weighted by atomic mass is 16.6. The van der Waals surface area contributed by atoms with Crippen LogP contribution in [-0.4, -0.2) is 48.5 Å². The minimum absolute atomic E-state index is 0.0326. The van der Waals surface area contributed by atoms with Crippen molar-refractivity contribution in [1.82, 2.24) is 10.6 Å². The van der Waals surface area contributed by atoms with E-state index >= 15 is 0 Å². The highest BCUT2D eigenvalue weighted by molar-refractivity contribution is 5.97. The van der Waals surface area contributed by atoms with E-state index in [1.165, 1.54) is 7.11 Å². The van der Waals surface area contributed by atoms with Crippen LogP contribution in [0.15, 0.2) is 24.3 Å². The van der Waals surface area contributed by atoms with Crippen LogP contribution < -0.4 is 10.6 Å². The standard InChI is InChI=1S/C26H30N2O6/c1-25(2,3)34-24(32)28-26(4,5)21(23(31)33-6)27-22(30)18-13-11-17(12-14-18)9-7-8-10-19-15-20(19)16-29/h11-14,16,19-21H,15H2,1-6H3,(H,27,30)(H,28,32)/t19?,20-,21+/m0/s1. The third-order valence-corrected chi connectivity index (χ3v) is 4.95. The van der Waals surface area contributed by atoms with E-state index in [4.69, 9.17) is 9.47 Å². The molecule has 0 bridgehead atoms. The summed E-state index contributed by atoms with van der Waals surface area (Å²) < 4.78 is 10.1. The van der Waals surface area contributed by atoms with Crippen molar-refractivity contribution in [2.24, 2.45) is 11.8 Å². The fourth-order valence-corrected chi connectivity index (χ4v) is 2.97. The largest absolute Gasteiger partial charge is 0.467 e. The molecule has 0 aromatic heterocycles. The minimum Gasteiger partial charge on any atom is -0.467 e. The number of carbonyl (C=O) groups is 4. The Morgan fingerprint density at radius 1 is 1.09 bits per heavy atom. The molecule has 1 aromatic carbocycles. The lowest BCUT2D eigenvalue weighted by Crippen LogP contribution is -2.62. The monoisotopic (exact) mass is 466 g/mol. The van der Waals surface area contributed by atoms with Gasteiger partial charge in [-0.2, -0.15) is 0 Å². The summed E-state index contributed by atoms with van der Waals surface area (Å²) in [5, 5.41) is 5.24. The summed E-state index contributed by atoms with van der Waals surface area (Å²) in [6.07, 6.45) is 0.976. The number of hydrogen-bond donors (Lipinski definition) is 2. The van der Waals surface area contributed by atoms with Crippen molar-refractivity contribution < 1.29 is 28.7 Å². The predicted octanol–water partition coefficient (Wildman–Crippen LogP) is 2.45. The second kappa shape index (κ2) is 10.9. The Morgan fingerprint density at radius 3 is 2.26 bits per heavy atom. The number of aldehydes is 1. The third-order valence-electron chi connectivity index (χ3n) is 4.95. The molecule has 0 radical (unpaired) electrons. The SMILES string of the molecule is COC(=O)[C@@H](NC(=O)c1ccc(C#CC#CC2C[C@H]2C=O)cc1)C(C)(C)NC(=O)OC(C)(C)C. The maximum atomic E-state index is 12.8. The predicted molar refractivity (Wildman–Crippen MR) is 125 cm³/mol. The zero-order valence-corrected chi connectivity index (χ0v) is 20.3. The van der Waals surface area contributed by atoms with Crippen molar-refractivity contribution in [2.45, 2.75) is 58.2 Å². The van der Waals surface area contributed by atoms with Gasteiger partial charge in [-0.25, -0.2) is 9.59 Å². The molecule has 0 saturated heterocycles. The normalized spacial score (nSPS) is 17.5. The van der Waals surface area contributed by atoms with Crippen LogP contribution in [0.4, 0.5) is 4.79 Å². The van der Waals surface area contributed by atoms with Gasteiger partial charge in [0.2, 0.25) is 0 Å². The lowest BCUT2D eigenvalue weighted by atomic mass is 9.94. The smallest absolute Gasteiger partial charge is 0.408 e. The van der Waals surface area contributed by atoms with Crippen LogP contribution in [0.3, 0.4) is 0 Å². The van der Waals surface area contributed by atoms with Gasteiger partial charge in [-0.15, -0.1) is 0 Å². The fourth-order valence-electron chi connectivity index (χ4n) is 2.97. The van der Waals surface area contributed by atoms with Gasteiger partial charge in [-0.1, -0.05) is 11.8 Å². The van der Waals surface area contributed by atoms with Crippen molar-refractivity contribution >= 4 is 24.3 Å². The van der Waals surface area contributed by atoms with Crippen LogP contribution in [0.1, 0.15) is 57.0 Å². The van der Waals surface area contributed by atoms with E-state index in [1.54, 1.807) is 58.9 Å². The zero-order valence-electron chi connectivity index (χ0n) is 20.3. The number of methoxy groups -OCH3 is 1. The van der Waals surface area contributed by atoms with Crippen molar-refractivity contribution in [3.8, 4) is 23.7 Å². The second-order valence-corrected chi connectivity index (χ2v) is 9.52. The number of carbonyl (C=O) groups excluding carboxylic acids is 4. The number of benzene rings is 1. The summed E-state index contributed by atoms with van der Waals surface area (Å²) in [6.45, 7) is 8.32. The molecule has 1 saturated carbocycles.